The van der Waals surface area contributed by atoms with E-state index in [2.05, 4.69) is 32.3 Å². The molecule has 0 bridgehead atoms. The van der Waals surface area contributed by atoms with E-state index in [1.165, 1.54) is 4.90 Å². The van der Waals surface area contributed by atoms with Gasteiger partial charge in [0.2, 0.25) is 11.8 Å². The number of amides is 3. The van der Waals surface area contributed by atoms with Crippen molar-refractivity contribution < 1.29 is 23.5 Å². The second-order valence-electron chi connectivity index (χ2n) is 12.0. The number of fused-ring (bicyclic) bond motifs is 1. The summed E-state index contributed by atoms with van der Waals surface area (Å²) >= 11 is 0. The van der Waals surface area contributed by atoms with Gasteiger partial charge in [0.1, 0.15) is 11.8 Å². The minimum atomic E-state index is -1.06. The maximum atomic E-state index is 15.0. The zero-order valence-electron chi connectivity index (χ0n) is 23.3. The summed E-state index contributed by atoms with van der Waals surface area (Å²) in [4.78, 5) is 42.4. The van der Waals surface area contributed by atoms with E-state index in [0.717, 1.165) is 42.8 Å². The van der Waals surface area contributed by atoms with Crippen LogP contribution in [0.2, 0.25) is 0 Å². The molecule has 3 atom stereocenters. The standard InChI is InChI=1S/C28H39FN6O4/c1-28(2,3)39-27(38)35-10-9-18(22(29)17-35)16-33-11-13-34(14-12-33)19-5-6-20-23(15-19)32(4)31-25(20)21-7-8-24(36)30-26(21)37/h5-6,15,18,21-22H,7-14,16-17H2,1-4H3,(H,30,36,37)/t18-,21?,22-/m1/s1. The lowest BCUT2D eigenvalue weighted by atomic mass is 9.93. The number of piperazine rings is 1. The largest absolute Gasteiger partial charge is 0.444 e. The third-order valence-electron chi connectivity index (χ3n) is 7.99. The average molecular weight is 543 g/mol. The predicted molar refractivity (Wildman–Crippen MR) is 145 cm³/mol. The molecule has 39 heavy (non-hydrogen) atoms. The SMILES string of the molecule is Cn1nc(C2CCC(=O)NC2=O)c2ccc(N3CCN(C[C@H]4CCN(C(=O)OC(C)(C)C)C[C@H]4F)CC3)cc21. The smallest absolute Gasteiger partial charge is 0.410 e. The molecule has 0 saturated carbocycles. The fourth-order valence-electron chi connectivity index (χ4n) is 5.85. The number of hydrogen-bond acceptors (Lipinski definition) is 7. The Balaban J connectivity index is 1.16. The van der Waals surface area contributed by atoms with Crippen LogP contribution in [0.4, 0.5) is 14.9 Å². The topological polar surface area (TPSA) is 100 Å². The number of anilines is 1. The molecule has 0 radical (unpaired) electrons. The molecule has 11 heteroatoms. The van der Waals surface area contributed by atoms with Gasteiger partial charge in [0.25, 0.3) is 0 Å². The Labute approximate surface area is 228 Å². The van der Waals surface area contributed by atoms with Gasteiger partial charge in [0, 0.05) is 69.7 Å². The van der Waals surface area contributed by atoms with Gasteiger partial charge in [-0.2, -0.15) is 5.10 Å². The molecule has 3 aliphatic rings. The first-order chi connectivity index (χ1) is 18.5. The van der Waals surface area contributed by atoms with E-state index in [9.17, 15) is 14.4 Å². The summed E-state index contributed by atoms with van der Waals surface area (Å²) < 4.78 is 22.2. The molecule has 1 aromatic heterocycles. The Hall–Kier alpha value is -3.21. The van der Waals surface area contributed by atoms with E-state index in [0.29, 0.717) is 38.0 Å². The van der Waals surface area contributed by atoms with Crippen LogP contribution in [0.1, 0.15) is 51.6 Å². The summed E-state index contributed by atoms with van der Waals surface area (Å²) in [6, 6.07) is 6.20. The van der Waals surface area contributed by atoms with Gasteiger partial charge in [-0.25, -0.2) is 9.18 Å². The Morgan fingerprint density at radius 1 is 1.13 bits per heavy atom. The molecule has 4 heterocycles. The highest BCUT2D eigenvalue weighted by Gasteiger charge is 2.35. The summed E-state index contributed by atoms with van der Waals surface area (Å²) in [7, 11) is 1.88. The number of nitrogens with one attached hydrogen (secondary N) is 1. The number of ether oxygens (including phenoxy) is 1. The maximum Gasteiger partial charge on any atom is 0.410 e. The minimum Gasteiger partial charge on any atom is -0.444 e. The molecule has 0 aliphatic carbocycles. The molecule has 1 N–H and O–H groups in total. The van der Waals surface area contributed by atoms with Gasteiger partial charge in [-0.05, 0) is 51.8 Å². The quantitative estimate of drug-likeness (QED) is 0.593. The van der Waals surface area contributed by atoms with Crippen molar-refractivity contribution in [3.05, 3.63) is 23.9 Å². The van der Waals surface area contributed by atoms with E-state index in [1.807, 2.05) is 33.9 Å². The number of nitrogens with zero attached hydrogens (tertiary/aromatic N) is 5. The van der Waals surface area contributed by atoms with Crippen LogP contribution in [0.15, 0.2) is 18.2 Å². The van der Waals surface area contributed by atoms with Gasteiger partial charge in [-0.1, -0.05) is 0 Å². The normalized spacial score (nSPS) is 25.2. The molecule has 1 aromatic carbocycles. The fraction of sp³-hybridized carbons (Fsp3) is 0.643. The van der Waals surface area contributed by atoms with E-state index < -0.39 is 23.8 Å². The number of halogens is 1. The number of rotatable bonds is 4. The van der Waals surface area contributed by atoms with Gasteiger partial charge >= 0.3 is 6.09 Å². The number of alkyl halides is 1. The molecule has 2 aromatic rings. The molecule has 3 fully saturated rings. The number of imide groups is 1. The second-order valence-corrected chi connectivity index (χ2v) is 12.0. The van der Waals surface area contributed by atoms with E-state index in [-0.39, 0.29) is 24.3 Å². The zero-order valence-corrected chi connectivity index (χ0v) is 23.3. The summed E-state index contributed by atoms with van der Waals surface area (Å²) in [6.07, 6.45) is -0.0712. The summed E-state index contributed by atoms with van der Waals surface area (Å²) in [6.45, 7) is 10.1. The molecule has 3 saturated heterocycles. The number of carbonyl (C=O) groups excluding carboxylic acids is 3. The lowest BCUT2D eigenvalue weighted by Gasteiger charge is -2.40. The van der Waals surface area contributed by atoms with Crippen LogP contribution in [0.25, 0.3) is 10.9 Å². The van der Waals surface area contributed by atoms with Crippen molar-refractivity contribution in [1.82, 2.24) is 24.9 Å². The van der Waals surface area contributed by atoms with Gasteiger partial charge in [-0.15, -0.1) is 0 Å². The van der Waals surface area contributed by atoms with Crippen LogP contribution in [0.3, 0.4) is 0 Å². The van der Waals surface area contributed by atoms with Crippen LogP contribution in [0, 0.1) is 5.92 Å². The van der Waals surface area contributed by atoms with E-state index in [4.69, 9.17) is 4.74 Å². The number of aromatic nitrogens is 2. The van der Waals surface area contributed by atoms with Crippen molar-refractivity contribution in [1.29, 1.82) is 0 Å². The molecular weight excluding hydrogens is 503 g/mol. The highest BCUT2D eigenvalue weighted by atomic mass is 19.1. The van der Waals surface area contributed by atoms with Crippen molar-refractivity contribution in [3.8, 4) is 0 Å². The predicted octanol–water partition coefficient (Wildman–Crippen LogP) is 2.81. The number of likely N-dealkylation sites (tertiary alicyclic amines) is 1. The summed E-state index contributed by atoms with van der Waals surface area (Å²) in [5, 5.41) is 8.00. The molecule has 5 rings (SSSR count). The van der Waals surface area contributed by atoms with Gasteiger partial charge < -0.3 is 14.5 Å². The van der Waals surface area contributed by atoms with Crippen molar-refractivity contribution in [2.24, 2.45) is 13.0 Å². The minimum absolute atomic E-state index is 0.0884. The molecule has 3 aliphatic heterocycles. The summed E-state index contributed by atoms with van der Waals surface area (Å²) in [5.74, 6) is -1.02. The van der Waals surface area contributed by atoms with E-state index in [1.54, 1.807) is 4.68 Å². The van der Waals surface area contributed by atoms with Crippen LogP contribution in [0.5, 0.6) is 0 Å². The maximum absolute atomic E-state index is 15.0. The van der Waals surface area contributed by atoms with Gasteiger partial charge in [-0.3, -0.25) is 24.5 Å². The first-order valence-electron chi connectivity index (χ1n) is 13.9. The number of hydrogen-bond donors (Lipinski definition) is 1. The Kier molecular flexibility index (Phi) is 7.54. The third-order valence-corrected chi connectivity index (χ3v) is 7.99. The highest BCUT2D eigenvalue weighted by molar-refractivity contribution is 6.02. The first-order valence-corrected chi connectivity index (χ1v) is 13.9. The van der Waals surface area contributed by atoms with Crippen LogP contribution < -0.4 is 10.2 Å². The van der Waals surface area contributed by atoms with Crippen LogP contribution in [-0.4, -0.2) is 95.1 Å². The molecule has 0 spiro atoms. The van der Waals surface area contributed by atoms with Crippen molar-refractivity contribution in [2.75, 3.05) is 50.7 Å². The molecule has 1 unspecified atom stereocenters. The monoisotopic (exact) mass is 542 g/mol. The van der Waals surface area contributed by atoms with E-state index >= 15 is 4.39 Å². The van der Waals surface area contributed by atoms with Gasteiger partial charge in [0.05, 0.1) is 23.7 Å². The zero-order chi connectivity index (χ0) is 27.9. The van der Waals surface area contributed by atoms with Crippen LogP contribution >= 0.6 is 0 Å². The molecule has 3 amide bonds. The molecule has 10 nitrogen and oxygen atoms in total. The molecule has 212 valence electrons. The van der Waals surface area contributed by atoms with Crippen molar-refractivity contribution >= 4 is 34.5 Å². The Morgan fingerprint density at radius 3 is 2.54 bits per heavy atom. The van der Waals surface area contributed by atoms with Gasteiger partial charge in [0.15, 0.2) is 0 Å². The van der Waals surface area contributed by atoms with Crippen molar-refractivity contribution in [3.63, 3.8) is 0 Å². The number of aryl methyl sites for hydroxylation is 1. The van der Waals surface area contributed by atoms with Crippen LogP contribution in [-0.2, 0) is 21.4 Å². The van der Waals surface area contributed by atoms with Crippen molar-refractivity contribution in [2.45, 2.75) is 57.7 Å². The average Bonchev–Trinajstić information content (AvgIpc) is 3.20. The second kappa shape index (κ2) is 10.7. The highest BCUT2D eigenvalue weighted by Crippen LogP contribution is 2.32. The number of carbonyl (C=O) groups is 3. The fourth-order valence-corrected chi connectivity index (χ4v) is 5.85. The Morgan fingerprint density at radius 2 is 1.87 bits per heavy atom. The lowest BCUT2D eigenvalue weighted by molar-refractivity contribution is -0.134. The third kappa shape index (κ3) is 6.03. The number of piperidine rings is 2. The first kappa shape index (κ1) is 27.4. The number of benzene rings is 1. The summed E-state index contributed by atoms with van der Waals surface area (Å²) in [5.41, 5.74) is 2.17. The Bertz CT molecular complexity index is 1250. The lowest BCUT2D eigenvalue weighted by Crippen LogP contribution is -2.52. The molecular formula is C28H39FN6O4.